The number of halogens is 1. The van der Waals surface area contributed by atoms with E-state index in [0.717, 1.165) is 43.2 Å². The number of benzene rings is 1. The van der Waals surface area contributed by atoms with Gasteiger partial charge in [0, 0.05) is 12.5 Å². The number of carbonyl (C=O) groups excluding carboxylic acids is 1. The molecule has 1 amide bonds. The molecule has 1 saturated carbocycles. The van der Waals surface area contributed by atoms with Crippen LogP contribution in [0.15, 0.2) is 47.6 Å². The van der Waals surface area contributed by atoms with Crippen molar-refractivity contribution in [3.8, 4) is 0 Å². The van der Waals surface area contributed by atoms with Gasteiger partial charge >= 0.3 is 6.09 Å². The van der Waals surface area contributed by atoms with Gasteiger partial charge in [-0.1, -0.05) is 29.9 Å². The van der Waals surface area contributed by atoms with E-state index >= 15 is 0 Å². The molecule has 5 heteroatoms. The molecule has 0 radical (unpaired) electrons. The zero-order valence-corrected chi connectivity index (χ0v) is 14.9. The Bertz CT molecular complexity index is 739. The maximum Gasteiger partial charge on any atom is 0.410 e. The molecule has 1 aliphatic heterocycles. The van der Waals surface area contributed by atoms with E-state index in [1.165, 1.54) is 17.7 Å². The highest BCUT2D eigenvalue weighted by Crippen LogP contribution is 2.41. The summed E-state index contributed by atoms with van der Waals surface area (Å²) in [5.41, 5.74) is 9.22. The molecule has 26 heavy (non-hydrogen) atoms. The largest absolute Gasteiger partial charge is 0.446 e. The first-order valence-corrected chi connectivity index (χ1v) is 9.48. The van der Waals surface area contributed by atoms with Crippen LogP contribution in [0.2, 0.25) is 0 Å². The molecule has 0 spiro atoms. The lowest BCUT2D eigenvalue weighted by atomic mass is 9.82. The molecule has 4 nitrogen and oxygen atoms in total. The third-order valence-electron chi connectivity index (χ3n) is 5.90. The van der Waals surface area contributed by atoms with Crippen molar-refractivity contribution < 1.29 is 13.9 Å². The van der Waals surface area contributed by atoms with Gasteiger partial charge in [0.25, 0.3) is 0 Å². The van der Waals surface area contributed by atoms with E-state index < -0.39 is 0 Å². The summed E-state index contributed by atoms with van der Waals surface area (Å²) in [7, 11) is 0. The summed E-state index contributed by atoms with van der Waals surface area (Å²) in [6.45, 7) is 1.19. The van der Waals surface area contributed by atoms with Gasteiger partial charge in [-0.05, 0) is 61.9 Å². The molecule has 2 N–H and O–H groups in total. The normalized spacial score (nSPS) is 27.8. The summed E-state index contributed by atoms with van der Waals surface area (Å²) in [5.74, 6) is 0.00435. The lowest BCUT2D eigenvalue weighted by Gasteiger charge is -2.41. The van der Waals surface area contributed by atoms with Crippen molar-refractivity contribution in [2.45, 2.75) is 44.2 Å². The van der Waals surface area contributed by atoms with Gasteiger partial charge in [-0.3, -0.25) is 4.90 Å². The van der Waals surface area contributed by atoms with Crippen LogP contribution in [0.3, 0.4) is 0 Å². The fourth-order valence-corrected chi connectivity index (χ4v) is 4.20. The summed E-state index contributed by atoms with van der Waals surface area (Å²) in [4.78, 5) is 14.7. The van der Waals surface area contributed by atoms with E-state index in [4.69, 9.17) is 10.5 Å². The number of rotatable bonds is 3. The summed E-state index contributed by atoms with van der Waals surface area (Å²) < 4.78 is 19.2. The molecule has 1 aromatic carbocycles. The summed E-state index contributed by atoms with van der Waals surface area (Å²) >= 11 is 0. The van der Waals surface area contributed by atoms with Crippen molar-refractivity contribution in [2.24, 2.45) is 11.7 Å². The maximum absolute atomic E-state index is 13.4. The molecule has 3 aliphatic rings. The quantitative estimate of drug-likeness (QED) is 0.887. The molecular weight excluding hydrogens is 331 g/mol. The Kier molecular flexibility index (Phi) is 4.81. The van der Waals surface area contributed by atoms with Crippen LogP contribution < -0.4 is 5.73 Å². The third kappa shape index (κ3) is 3.16. The Balaban J connectivity index is 1.62. The summed E-state index contributed by atoms with van der Waals surface area (Å²) in [5, 5.41) is 0. The molecule has 0 saturated heterocycles. The number of hydrogen-bond acceptors (Lipinski definition) is 3. The topological polar surface area (TPSA) is 55.6 Å². The number of nitrogens with two attached hydrogens (primary N) is 1. The van der Waals surface area contributed by atoms with Gasteiger partial charge in [0.15, 0.2) is 0 Å². The summed E-state index contributed by atoms with van der Waals surface area (Å²) in [6.07, 6.45) is 8.77. The fraction of sp³-hybridized carbons (Fsp3) is 0.476. The minimum atomic E-state index is -0.284. The number of nitrogens with zero attached hydrogens (tertiary/aromatic N) is 1. The van der Waals surface area contributed by atoms with Crippen LogP contribution in [-0.2, 0) is 4.74 Å². The molecule has 138 valence electrons. The molecule has 0 unspecified atom stereocenters. The Hall–Kier alpha value is -2.14. The average molecular weight is 356 g/mol. The van der Waals surface area contributed by atoms with Crippen LogP contribution in [0.1, 0.15) is 43.7 Å². The van der Waals surface area contributed by atoms with Crippen LogP contribution in [0.25, 0.3) is 0 Å². The van der Waals surface area contributed by atoms with Crippen molar-refractivity contribution >= 4 is 6.09 Å². The van der Waals surface area contributed by atoms with Gasteiger partial charge in [0.05, 0.1) is 6.04 Å². The van der Waals surface area contributed by atoms with Crippen molar-refractivity contribution in [1.82, 2.24) is 4.90 Å². The lowest BCUT2D eigenvalue weighted by Crippen LogP contribution is -2.46. The standard InChI is InChI=1S/C21H25FN2O2/c22-17-8-5-15(6-9-17)20-18-4-2-1-3-14(18)11-12-24(20)21(25)26-19-10-7-16(19)13-23/h2,4-6,8-9,16,19-20H,1,3,7,10-13,23H2/t16-,19-,20+/m1/s1. The van der Waals surface area contributed by atoms with Gasteiger partial charge < -0.3 is 10.5 Å². The fourth-order valence-electron chi connectivity index (χ4n) is 4.20. The number of hydrogen-bond donors (Lipinski definition) is 1. The van der Waals surface area contributed by atoms with Gasteiger partial charge in [0.1, 0.15) is 11.9 Å². The van der Waals surface area contributed by atoms with Crippen molar-refractivity contribution in [1.29, 1.82) is 0 Å². The molecule has 1 fully saturated rings. The first-order valence-electron chi connectivity index (χ1n) is 9.48. The second-order valence-electron chi connectivity index (χ2n) is 7.39. The van der Waals surface area contributed by atoms with Gasteiger partial charge in [-0.15, -0.1) is 0 Å². The van der Waals surface area contributed by atoms with Crippen LogP contribution in [0, 0.1) is 11.7 Å². The first-order chi connectivity index (χ1) is 12.7. The van der Waals surface area contributed by atoms with Crippen LogP contribution in [0.4, 0.5) is 9.18 Å². The maximum atomic E-state index is 13.4. The summed E-state index contributed by atoms with van der Waals surface area (Å²) in [6, 6.07) is 6.24. The van der Waals surface area contributed by atoms with Crippen LogP contribution in [-0.4, -0.2) is 30.2 Å². The number of allylic oxidation sites excluding steroid dienone is 1. The SMILES string of the molecule is NC[C@H]1CC[C@H]1OC(=O)N1CCC2=C(C=CCC2)[C@@H]1c1ccc(F)cc1. The number of carbonyl (C=O) groups is 1. The van der Waals surface area contributed by atoms with Crippen LogP contribution >= 0.6 is 0 Å². The van der Waals surface area contributed by atoms with E-state index in [1.54, 1.807) is 17.0 Å². The molecule has 1 heterocycles. The predicted octanol–water partition coefficient (Wildman–Crippen LogP) is 4.09. The molecule has 0 aromatic heterocycles. The Morgan fingerprint density at radius 2 is 2.04 bits per heavy atom. The van der Waals surface area contributed by atoms with E-state index in [2.05, 4.69) is 12.2 Å². The second-order valence-corrected chi connectivity index (χ2v) is 7.39. The van der Waals surface area contributed by atoms with Gasteiger partial charge in [0.2, 0.25) is 0 Å². The molecule has 2 aliphatic carbocycles. The van der Waals surface area contributed by atoms with Crippen molar-refractivity contribution in [3.05, 3.63) is 58.9 Å². The molecule has 0 bridgehead atoms. The highest BCUT2D eigenvalue weighted by Gasteiger charge is 2.38. The highest BCUT2D eigenvalue weighted by atomic mass is 19.1. The minimum Gasteiger partial charge on any atom is -0.446 e. The van der Waals surface area contributed by atoms with Crippen molar-refractivity contribution in [3.63, 3.8) is 0 Å². The zero-order chi connectivity index (χ0) is 18.1. The zero-order valence-electron chi connectivity index (χ0n) is 14.9. The third-order valence-corrected chi connectivity index (χ3v) is 5.90. The Morgan fingerprint density at radius 3 is 2.73 bits per heavy atom. The molecular formula is C21H25FN2O2. The smallest absolute Gasteiger partial charge is 0.410 e. The van der Waals surface area contributed by atoms with Gasteiger partial charge in [-0.2, -0.15) is 0 Å². The average Bonchev–Trinajstić information content (AvgIpc) is 2.65. The van der Waals surface area contributed by atoms with E-state index in [1.807, 2.05) is 0 Å². The van der Waals surface area contributed by atoms with E-state index in [-0.39, 0.29) is 30.0 Å². The number of amides is 1. The molecule has 3 atom stereocenters. The minimum absolute atomic E-state index is 0.0707. The Morgan fingerprint density at radius 1 is 1.23 bits per heavy atom. The predicted molar refractivity (Wildman–Crippen MR) is 97.9 cm³/mol. The molecule has 4 rings (SSSR count). The van der Waals surface area contributed by atoms with Crippen LogP contribution in [0.5, 0.6) is 0 Å². The highest BCUT2D eigenvalue weighted by molar-refractivity contribution is 5.70. The van der Waals surface area contributed by atoms with Gasteiger partial charge in [-0.25, -0.2) is 9.18 Å². The Labute approximate surface area is 153 Å². The molecule has 1 aromatic rings. The van der Waals surface area contributed by atoms with Crippen molar-refractivity contribution in [2.75, 3.05) is 13.1 Å². The number of ether oxygens (including phenoxy) is 1. The monoisotopic (exact) mass is 356 g/mol. The first kappa shape index (κ1) is 17.3. The van der Waals surface area contributed by atoms with E-state index in [0.29, 0.717) is 13.1 Å². The van der Waals surface area contributed by atoms with E-state index in [9.17, 15) is 9.18 Å². The second kappa shape index (κ2) is 7.23. The lowest BCUT2D eigenvalue weighted by molar-refractivity contribution is -0.0166.